The molecule has 0 atom stereocenters. The average Bonchev–Trinajstić information content (AvgIpc) is 3.00. The van der Waals surface area contributed by atoms with Crippen molar-refractivity contribution in [2.75, 3.05) is 6.61 Å². The van der Waals surface area contributed by atoms with E-state index in [-0.39, 0.29) is 12.5 Å². The number of carbonyl (C=O) groups excluding carboxylic acids is 1. The van der Waals surface area contributed by atoms with E-state index in [2.05, 4.69) is 85.3 Å². The van der Waals surface area contributed by atoms with Crippen molar-refractivity contribution in [3.63, 3.8) is 0 Å². The van der Waals surface area contributed by atoms with Crippen molar-refractivity contribution < 1.29 is 9.53 Å². The third kappa shape index (κ3) is 5.43. The van der Waals surface area contributed by atoms with Crippen LogP contribution in [0.25, 0.3) is 5.69 Å². The number of hydrogen-bond acceptors (Lipinski definition) is 3. The molecule has 0 aliphatic heterocycles. The number of rotatable bonds is 7. The van der Waals surface area contributed by atoms with E-state index in [1.165, 1.54) is 5.56 Å². The van der Waals surface area contributed by atoms with Gasteiger partial charge in [0.05, 0.1) is 6.21 Å². The second-order valence-electron chi connectivity index (χ2n) is 8.28. The predicted molar refractivity (Wildman–Crippen MR) is 126 cm³/mol. The maximum Gasteiger partial charge on any atom is 0.277 e. The highest BCUT2D eigenvalue weighted by Gasteiger charge is 2.11. The molecule has 3 rings (SSSR count). The molecule has 0 bridgehead atoms. The van der Waals surface area contributed by atoms with E-state index in [1.54, 1.807) is 6.21 Å². The summed E-state index contributed by atoms with van der Waals surface area (Å²) in [4.78, 5) is 12.2. The molecule has 1 amide bonds. The van der Waals surface area contributed by atoms with E-state index in [9.17, 15) is 4.79 Å². The molecule has 0 saturated carbocycles. The SMILES string of the molecule is Cc1ccc(-n2c(C)cc(/C=N\NC(=O)COc3cc(C)ccc3C(C)C)c2C)cc1. The molecule has 0 aliphatic carbocycles. The van der Waals surface area contributed by atoms with E-state index >= 15 is 0 Å². The summed E-state index contributed by atoms with van der Waals surface area (Å²) in [6, 6.07) is 16.5. The smallest absolute Gasteiger partial charge is 0.277 e. The second kappa shape index (κ2) is 9.65. The Hall–Kier alpha value is -3.34. The fourth-order valence-electron chi connectivity index (χ4n) is 3.60. The third-order valence-electron chi connectivity index (χ3n) is 5.31. The maximum atomic E-state index is 12.2. The molecule has 1 N–H and O–H groups in total. The lowest BCUT2D eigenvalue weighted by Crippen LogP contribution is -2.25. The summed E-state index contributed by atoms with van der Waals surface area (Å²) in [6.07, 6.45) is 1.68. The van der Waals surface area contributed by atoms with Gasteiger partial charge in [-0.15, -0.1) is 0 Å². The summed E-state index contributed by atoms with van der Waals surface area (Å²) in [5, 5.41) is 4.13. The second-order valence-corrected chi connectivity index (χ2v) is 8.28. The summed E-state index contributed by atoms with van der Waals surface area (Å²) < 4.78 is 7.95. The fourth-order valence-corrected chi connectivity index (χ4v) is 3.60. The van der Waals surface area contributed by atoms with Gasteiger partial charge in [0.15, 0.2) is 6.61 Å². The van der Waals surface area contributed by atoms with Crippen LogP contribution in [0.4, 0.5) is 0 Å². The summed E-state index contributed by atoms with van der Waals surface area (Å²) in [6.45, 7) is 12.3. The number of hydrazone groups is 1. The van der Waals surface area contributed by atoms with E-state index < -0.39 is 0 Å². The molecule has 1 heterocycles. The Bertz CT molecular complexity index is 1090. The Morgan fingerprint density at radius 1 is 1.03 bits per heavy atom. The Morgan fingerprint density at radius 2 is 1.71 bits per heavy atom. The molecule has 0 saturated heterocycles. The van der Waals surface area contributed by atoms with Crippen LogP contribution in [0.1, 0.15) is 53.4 Å². The van der Waals surface area contributed by atoms with Crippen LogP contribution in [0.5, 0.6) is 5.75 Å². The number of carbonyl (C=O) groups is 1. The lowest BCUT2D eigenvalue weighted by molar-refractivity contribution is -0.123. The highest BCUT2D eigenvalue weighted by atomic mass is 16.5. The quantitative estimate of drug-likeness (QED) is 0.415. The molecular formula is C26H31N3O2. The first-order valence-corrected chi connectivity index (χ1v) is 10.6. The molecule has 0 spiro atoms. The number of nitrogens with zero attached hydrogens (tertiary/aromatic N) is 2. The highest BCUT2D eigenvalue weighted by Crippen LogP contribution is 2.27. The molecule has 31 heavy (non-hydrogen) atoms. The van der Waals surface area contributed by atoms with Gasteiger partial charge in [0.1, 0.15) is 5.75 Å². The highest BCUT2D eigenvalue weighted by molar-refractivity contribution is 5.84. The first kappa shape index (κ1) is 22.3. The van der Waals surface area contributed by atoms with Crippen LogP contribution in [-0.2, 0) is 4.79 Å². The Kier molecular flexibility index (Phi) is 6.95. The topological polar surface area (TPSA) is 55.6 Å². The van der Waals surface area contributed by atoms with Crippen LogP contribution < -0.4 is 10.2 Å². The van der Waals surface area contributed by atoms with Crippen LogP contribution in [0.15, 0.2) is 53.6 Å². The zero-order valence-electron chi connectivity index (χ0n) is 19.2. The lowest BCUT2D eigenvalue weighted by atomic mass is 10.0. The van der Waals surface area contributed by atoms with E-state index in [0.717, 1.165) is 39.5 Å². The molecule has 0 fully saturated rings. The molecule has 0 radical (unpaired) electrons. The average molecular weight is 418 g/mol. The van der Waals surface area contributed by atoms with Crippen LogP contribution in [-0.4, -0.2) is 23.3 Å². The molecule has 5 heteroatoms. The number of nitrogens with one attached hydrogen (secondary N) is 1. The van der Waals surface area contributed by atoms with Gasteiger partial charge in [0.25, 0.3) is 5.91 Å². The van der Waals surface area contributed by atoms with Gasteiger partial charge in [0.2, 0.25) is 0 Å². The Labute approximate surface area is 184 Å². The fraction of sp³-hybridized carbons (Fsp3) is 0.308. The number of benzene rings is 2. The van der Waals surface area contributed by atoms with Gasteiger partial charge in [0, 0.05) is 22.6 Å². The van der Waals surface area contributed by atoms with E-state index in [0.29, 0.717) is 5.92 Å². The van der Waals surface area contributed by atoms with Crippen LogP contribution in [0.3, 0.4) is 0 Å². The summed E-state index contributed by atoms with van der Waals surface area (Å²) in [5.41, 5.74) is 10.2. The van der Waals surface area contributed by atoms with Gasteiger partial charge in [-0.25, -0.2) is 5.43 Å². The van der Waals surface area contributed by atoms with Crippen molar-refractivity contribution in [2.24, 2.45) is 5.10 Å². The monoisotopic (exact) mass is 417 g/mol. The number of amides is 1. The molecular weight excluding hydrogens is 386 g/mol. The van der Waals surface area contributed by atoms with Gasteiger partial charge in [-0.3, -0.25) is 4.79 Å². The third-order valence-corrected chi connectivity index (χ3v) is 5.31. The van der Waals surface area contributed by atoms with Gasteiger partial charge < -0.3 is 9.30 Å². The van der Waals surface area contributed by atoms with Crippen molar-refractivity contribution in [1.29, 1.82) is 0 Å². The maximum absolute atomic E-state index is 12.2. The lowest BCUT2D eigenvalue weighted by Gasteiger charge is -2.14. The minimum absolute atomic E-state index is 0.0805. The van der Waals surface area contributed by atoms with Crippen molar-refractivity contribution in [3.05, 3.63) is 82.2 Å². The molecule has 0 unspecified atom stereocenters. The molecule has 3 aromatic rings. The van der Waals surface area contributed by atoms with E-state index in [1.807, 2.05) is 19.9 Å². The minimum Gasteiger partial charge on any atom is -0.483 e. The first-order chi connectivity index (χ1) is 14.8. The van der Waals surface area contributed by atoms with E-state index in [4.69, 9.17) is 4.74 Å². The zero-order valence-corrected chi connectivity index (χ0v) is 19.2. The van der Waals surface area contributed by atoms with Crippen molar-refractivity contribution in [2.45, 2.75) is 47.5 Å². The number of hydrogen-bond donors (Lipinski definition) is 1. The van der Waals surface area contributed by atoms with Crippen LogP contribution in [0.2, 0.25) is 0 Å². The molecule has 0 aliphatic rings. The number of aryl methyl sites for hydroxylation is 3. The van der Waals surface area contributed by atoms with Gasteiger partial charge in [-0.2, -0.15) is 5.10 Å². The number of ether oxygens (including phenoxy) is 1. The van der Waals surface area contributed by atoms with Gasteiger partial charge >= 0.3 is 0 Å². The van der Waals surface area contributed by atoms with Crippen molar-refractivity contribution in [1.82, 2.24) is 9.99 Å². The van der Waals surface area contributed by atoms with Crippen LogP contribution in [0, 0.1) is 27.7 Å². The largest absolute Gasteiger partial charge is 0.483 e. The summed E-state index contributed by atoms with van der Waals surface area (Å²) in [5.74, 6) is 0.774. The summed E-state index contributed by atoms with van der Waals surface area (Å²) >= 11 is 0. The Morgan fingerprint density at radius 3 is 2.39 bits per heavy atom. The van der Waals surface area contributed by atoms with Gasteiger partial charge in [-0.05, 0) is 69.0 Å². The standard InChI is InChI=1S/C26H31N3O2/c1-17(2)24-12-9-19(4)13-25(24)31-16-26(30)28-27-15-22-14-20(5)29(21(22)6)23-10-7-18(3)8-11-23/h7-15,17H,16H2,1-6H3,(H,28,30)/b27-15-. The van der Waals surface area contributed by atoms with Crippen molar-refractivity contribution >= 4 is 12.1 Å². The van der Waals surface area contributed by atoms with Gasteiger partial charge in [-0.1, -0.05) is 43.7 Å². The minimum atomic E-state index is -0.292. The zero-order chi connectivity index (χ0) is 22.5. The molecule has 162 valence electrons. The first-order valence-electron chi connectivity index (χ1n) is 10.6. The molecule has 2 aromatic carbocycles. The molecule has 5 nitrogen and oxygen atoms in total. The van der Waals surface area contributed by atoms with Crippen molar-refractivity contribution in [3.8, 4) is 11.4 Å². The Balaban J connectivity index is 1.64. The molecule has 1 aromatic heterocycles. The predicted octanol–water partition coefficient (Wildman–Crippen LogP) is 5.36. The number of aromatic nitrogens is 1. The summed E-state index contributed by atoms with van der Waals surface area (Å²) in [7, 11) is 0. The normalized spacial score (nSPS) is 11.3. The van der Waals surface area contributed by atoms with Crippen LogP contribution >= 0.6 is 0 Å².